The van der Waals surface area contributed by atoms with Crippen molar-refractivity contribution in [1.82, 2.24) is 4.90 Å². The molecule has 1 atom stereocenters. The van der Waals surface area contributed by atoms with Crippen LogP contribution in [-0.2, 0) is 4.79 Å². The number of nitrogens with two attached hydrogens (primary N) is 1. The van der Waals surface area contributed by atoms with Gasteiger partial charge in [-0.05, 0) is 12.1 Å². The van der Waals surface area contributed by atoms with Crippen LogP contribution in [0.2, 0.25) is 0 Å². The molecule has 1 unspecified atom stereocenters. The summed E-state index contributed by atoms with van der Waals surface area (Å²) in [6.45, 7) is 0.635. The molecule has 0 aliphatic carbocycles. The molecule has 1 aromatic rings. The number of phenolic OH excluding ortho intramolecular Hbond substituents is 1. The van der Waals surface area contributed by atoms with Gasteiger partial charge in [-0.1, -0.05) is 0 Å². The number of anilines is 1. The molecule has 100 valence electrons. The maximum absolute atomic E-state index is 12.3. The number of nitrogens with zero attached hydrogens (tertiary/aromatic N) is 2. The topological polar surface area (TPSA) is 96.1 Å². The fourth-order valence-electron chi connectivity index (χ4n) is 2.47. The zero-order valence-electron chi connectivity index (χ0n) is 10.1. The normalized spacial score (nSPS) is 20.8. The maximum atomic E-state index is 12.3. The summed E-state index contributed by atoms with van der Waals surface area (Å²) >= 11 is 0. The fourth-order valence-corrected chi connectivity index (χ4v) is 2.47. The molecule has 7 heteroatoms. The van der Waals surface area contributed by atoms with E-state index in [1.807, 2.05) is 0 Å². The molecular weight excluding hydrogens is 250 g/mol. The number of primary amides is 1. The van der Waals surface area contributed by atoms with Crippen LogP contribution in [0.5, 0.6) is 11.5 Å². The first-order valence-corrected chi connectivity index (χ1v) is 5.88. The first-order chi connectivity index (χ1) is 9.06. The van der Waals surface area contributed by atoms with Crippen LogP contribution < -0.4 is 15.4 Å². The molecule has 19 heavy (non-hydrogen) atoms. The quantitative estimate of drug-likeness (QED) is 0.777. The molecular formula is C12H13N3O4. The highest BCUT2D eigenvalue weighted by Gasteiger charge is 2.42. The Kier molecular flexibility index (Phi) is 2.48. The van der Waals surface area contributed by atoms with Crippen LogP contribution in [0.15, 0.2) is 18.2 Å². The lowest BCUT2D eigenvalue weighted by Gasteiger charge is -2.30. The van der Waals surface area contributed by atoms with Crippen molar-refractivity contribution < 1.29 is 19.4 Å². The molecule has 2 aliphatic heterocycles. The van der Waals surface area contributed by atoms with Crippen LogP contribution in [-0.4, -0.2) is 47.7 Å². The number of aromatic hydroxyl groups is 1. The Labute approximate surface area is 109 Å². The van der Waals surface area contributed by atoms with E-state index >= 15 is 0 Å². The number of benzene rings is 1. The van der Waals surface area contributed by atoms with E-state index in [-0.39, 0.29) is 24.4 Å². The monoisotopic (exact) mass is 263 g/mol. The van der Waals surface area contributed by atoms with Crippen molar-refractivity contribution in [2.24, 2.45) is 5.73 Å². The minimum Gasteiger partial charge on any atom is -0.508 e. The average molecular weight is 263 g/mol. The number of hydrogen-bond donors (Lipinski definition) is 2. The van der Waals surface area contributed by atoms with Crippen molar-refractivity contribution in [3.05, 3.63) is 18.2 Å². The zero-order chi connectivity index (χ0) is 13.6. The second-order valence-electron chi connectivity index (χ2n) is 4.62. The smallest absolute Gasteiger partial charge is 0.325 e. The molecule has 0 radical (unpaired) electrons. The number of rotatable bonds is 2. The van der Waals surface area contributed by atoms with Gasteiger partial charge in [0.2, 0.25) is 5.91 Å². The summed E-state index contributed by atoms with van der Waals surface area (Å²) in [6, 6.07) is 4.14. The van der Waals surface area contributed by atoms with Gasteiger partial charge in [-0.25, -0.2) is 4.79 Å². The summed E-state index contributed by atoms with van der Waals surface area (Å²) in [4.78, 5) is 26.1. The highest BCUT2D eigenvalue weighted by Crippen LogP contribution is 2.39. The minimum absolute atomic E-state index is 0.0594. The number of fused-ring (bicyclic) bond motifs is 3. The molecule has 1 aromatic carbocycles. The van der Waals surface area contributed by atoms with Crippen molar-refractivity contribution in [2.45, 2.75) is 6.04 Å². The molecule has 3 rings (SSSR count). The Balaban J connectivity index is 1.95. The highest BCUT2D eigenvalue weighted by molar-refractivity contribution is 5.99. The number of phenols is 1. The van der Waals surface area contributed by atoms with Gasteiger partial charge in [0.05, 0.1) is 11.7 Å². The summed E-state index contributed by atoms with van der Waals surface area (Å²) in [6.07, 6.45) is 0. The predicted molar refractivity (Wildman–Crippen MR) is 66.0 cm³/mol. The number of hydrogen-bond acceptors (Lipinski definition) is 4. The number of carbonyl (C=O) groups excluding carboxylic acids is 2. The molecule has 7 nitrogen and oxygen atoms in total. The first kappa shape index (κ1) is 11.6. The summed E-state index contributed by atoms with van der Waals surface area (Å²) in [7, 11) is 0. The standard InChI is InChI=1S/C12H13N3O4/c13-11(17)5-14-4-7-6-19-10-2-1-8(16)3-9(10)15(7)12(14)18/h1-3,7,16H,4-6H2,(H2,13,17). The lowest BCUT2D eigenvalue weighted by atomic mass is 10.2. The van der Waals surface area contributed by atoms with Gasteiger partial charge in [-0.3, -0.25) is 9.69 Å². The van der Waals surface area contributed by atoms with Crippen LogP contribution in [0.25, 0.3) is 0 Å². The summed E-state index contributed by atoms with van der Waals surface area (Å²) < 4.78 is 5.55. The fraction of sp³-hybridized carbons (Fsp3) is 0.333. The molecule has 1 fully saturated rings. The Morgan fingerprint density at radius 2 is 2.32 bits per heavy atom. The highest BCUT2D eigenvalue weighted by atomic mass is 16.5. The van der Waals surface area contributed by atoms with Crippen LogP contribution in [0.3, 0.4) is 0 Å². The van der Waals surface area contributed by atoms with Crippen molar-refractivity contribution in [3.8, 4) is 11.5 Å². The Morgan fingerprint density at radius 1 is 1.53 bits per heavy atom. The van der Waals surface area contributed by atoms with Gasteiger partial charge in [0, 0.05) is 12.6 Å². The van der Waals surface area contributed by atoms with E-state index in [4.69, 9.17) is 10.5 Å². The zero-order valence-corrected chi connectivity index (χ0v) is 10.1. The number of carbonyl (C=O) groups is 2. The largest absolute Gasteiger partial charge is 0.508 e. The molecule has 3 amide bonds. The molecule has 0 bridgehead atoms. The second-order valence-corrected chi connectivity index (χ2v) is 4.62. The summed E-state index contributed by atoms with van der Waals surface area (Å²) in [5.74, 6) is 0.0534. The third kappa shape index (κ3) is 1.83. The van der Waals surface area contributed by atoms with Crippen molar-refractivity contribution in [2.75, 3.05) is 24.6 Å². The molecule has 3 N–H and O–H groups in total. The molecule has 0 aromatic heterocycles. The third-order valence-electron chi connectivity index (χ3n) is 3.25. The van der Waals surface area contributed by atoms with Crippen LogP contribution in [0.1, 0.15) is 0 Å². The van der Waals surface area contributed by atoms with Crippen molar-refractivity contribution in [1.29, 1.82) is 0 Å². The summed E-state index contributed by atoms with van der Waals surface area (Å²) in [5.41, 5.74) is 5.64. The van der Waals surface area contributed by atoms with Gasteiger partial charge in [0.25, 0.3) is 0 Å². The molecule has 1 saturated heterocycles. The predicted octanol–water partition coefficient (Wildman–Crippen LogP) is -0.119. The Hall–Kier alpha value is -2.44. The van der Waals surface area contributed by atoms with Gasteiger partial charge < -0.3 is 20.5 Å². The van der Waals surface area contributed by atoms with Crippen LogP contribution in [0.4, 0.5) is 10.5 Å². The van der Waals surface area contributed by atoms with E-state index < -0.39 is 5.91 Å². The number of amides is 3. The van der Waals surface area contributed by atoms with Gasteiger partial charge >= 0.3 is 6.03 Å². The number of ether oxygens (including phenoxy) is 1. The van der Waals surface area contributed by atoms with Gasteiger partial charge in [0.15, 0.2) is 0 Å². The molecule has 0 spiro atoms. The van der Waals surface area contributed by atoms with E-state index in [1.165, 1.54) is 17.0 Å². The van der Waals surface area contributed by atoms with Crippen LogP contribution in [0, 0.1) is 0 Å². The number of urea groups is 1. The lowest BCUT2D eigenvalue weighted by molar-refractivity contribution is -0.118. The Morgan fingerprint density at radius 3 is 3.05 bits per heavy atom. The van der Waals surface area contributed by atoms with Gasteiger partial charge in [-0.15, -0.1) is 0 Å². The van der Waals surface area contributed by atoms with Crippen molar-refractivity contribution in [3.63, 3.8) is 0 Å². The van der Waals surface area contributed by atoms with E-state index in [9.17, 15) is 14.7 Å². The average Bonchev–Trinajstić information content (AvgIpc) is 2.66. The second kappa shape index (κ2) is 4.04. The van der Waals surface area contributed by atoms with Gasteiger partial charge in [-0.2, -0.15) is 0 Å². The van der Waals surface area contributed by atoms with E-state index in [0.29, 0.717) is 24.6 Å². The van der Waals surface area contributed by atoms with E-state index in [2.05, 4.69) is 0 Å². The molecule has 2 heterocycles. The van der Waals surface area contributed by atoms with Crippen molar-refractivity contribution >= 4 is 17.6 Å². The Bertz CT molecular complexity index is 560. The minimum atomic E-state index is -0.551. The first-order valence-electron chi connectivity index (χ1n) is 5.88. The maximum Gasteiger partial charge on any atom is 0.325 e. The van der Waals surface area contributed by atoms with E-state index in [1.54, 1.807) is 11.0 Å². The van der Waals surface area contributed by atoms with E-state index in [0.717, 1.165) is 0 Å². The SMILES string of the molecule is NC(=O)CN1CC2COc3ccc(O)cc3N2C1=O. The third-order valence-corrected chi connectivity index (χ3v) is 3.25. The molecule has 0 saturated carbocycles. The van der Waals surface area contributed by atoms with Gasteiger partial charge in [0.1, 0.15) is 24.7 Å². The molecule has 2 aliphatic rings. The summed E-state index contributed by atoms with van der Waals surface area (Å²) in [5, 5.41) is 9.52. The van der Waals surface area contributed by atoms with Crippen LogP contribution >= 0.6 is 0 Å². The lowest BCUT2D eigenvalue weighted by Crippen LogP contribution is -2.42.